The van der Waals surface area contributed by atoms with Crippen LogP contribution in [0.3, 0.4) is 0 Å². The molecule has 0 saturated carbocycles. The van der Waals surface area contributed by atoms with E-state index in [1.165, 1.54) is 23.1 Å². The zero-order chi connectivity index (χ0) is 10.8. The molecule has 15 heavy (non-hydrogen) atoms. The number of halogens is 1. The highest BCUT2D eigenvalue weighted by molar-refractivity contribution is 6.48. The van der Waals surface area contributed by atoms with E-state index in [9.17, 15) is 9.59 Å². The molecule has 0 aromatic carbocycles. The van der Waals surface area contributed by atoms with Crippen molar-refractivity contribution < 1.29 is 14.4 Å². The Morgan fingerprint density at radius 2 is 2.20 bits per heavy atom. The van der Waals surface area contributed by atoms with Crippen LogP contribution in [-0.2, 0) is 9.63 Å². The number of allylic oxidation sites excluding steroid dienone is 4. The predicted molar refractivity (Wildman–Crippen MR) is 53.6 cm³/mol. The third-order valence-electron chi connectivity index (χ3n) is 1.85. The summed E-state index contributed by atoms with van der Waals surface area (Å²) in [6.07, 6.45) is 3.42. The Balaban J connectivity index is 2.00. The molecule has 0 bridgehead atoms. The summed E-state index contributed by atoms with van der Waals surface area (Å²) in [6, 6.07) is 0. The number of oxime groups is 1. The third-order valence-corrected chi connectivity index (χ3v) is 2.15. The van der Waals surface area contributed by atoms with Gasteiger partial charge >= 0.3 is 6.09 Å². The largest absolute Gasteiger partial charge is 0.436 e. The molecule has 0 aromatic heterocycles. The van der Waals surface area contributed by atoms with E-state index < -0.39 is 6.09 Å². The van der Waals surface area contributed by atoms with Gasteiger partial charge in [0.15, 0.2) is 5.78 Å². The molecule has 78 valence electrons. The molecule has 0 N–H and O–H groups in total. The molecule has 2 aliphatic rings. The molecule has 0 aromatic rings. The van der Waals surface area contributed by atoms with E-state index in [4.69, 9.17) is 11.6 Å². The number of carbonyl (C=O) groups excluding carboxylic acids is 2. The summed E-state index contributed by atoms with van der Waals surface area (Å²) in [6.45, 7) is 1.39. The number of nitrogens with zero attached hydrogens (tertiary/aromatic N) is 2. The van der Waals surface area contributed by atoms with Crippen LogP contribution in [0.2, 0.25) is 0 Å². The first kappa shape index (κ1) is 9.92. The van der Waals surface area contributed by atoms with Gasteiger partial charge < -0.3 is 4.90 Å². The summed E-state index contributed by atoms with van der Waals surface area (Å²) >= 11 is 5.71. The minimum Gasteiger partial charge on any atom is -0.303 e. The zero-order valence-electron chi connectivity index (χ0n) is 7.64. The zero-order valence-corrected chi connectivity index (χ0v) is 8.40. The van der Waals surface area contributed by atoms with E-state index in [-0.39, 0.29) is 16.5 Å². The van der Waals surface area contributed by atoms with Gasteiger partial charge in [-0.2, -0.15) is 0 Å². The minimum absolute atomic E-state index is 0.168. The average Bonchev–Trinajstić information content (AvgIpc) is 2.99. The van der Waals surface area contributed by atoms with Gasteiger partial charge in [-0.1, -0.05) is 16.8 Å². The van der Waals surface area contributed by atoms with Gasteiger partial charge in [-0.05, 0) is 12.2 Å². The van der Waals surface area contributed by atoms with Crippen molar-refractivity contribution in [1.29, 1.82) is 0 Å². The lowest BCUT2D eigenvalue weighted by Crippen LogP contribution is -2.11. The lowest BCUT2D eigenvalue weighted by atomic mass is 10.2. The van der Waals surface area contributed by atoms with Crippen molar-refractivity contribution >= 4 is 29.2 Å². The Labute approximate surface area is 90.6 Å². The SMILES string of the molecule is O=C1C=C/C(=N\OC(=O)N2CC2)C(Cl)=C1. The Bertz CT molecular complexity index is 408. The summed E-state index contributed by atoms with van der Waals surface area (Å²) in [7, 11) is 0. The van der Waals surface area contributed by atoms with E-state index in [0.29, 0.717) is 13.1 Å². The molecular weight excluding hydrogens is 220 g/mol. The highest BCUT2D eigenvalue weighted by Gasteiger charge is 2.26. The van der Waals surface area contributed by atoms with Gasteiger partial charge in [-0.25, -0.2) is 4.79 Å². The number of hydrogen-bond donors (Lipinski definition) is 0. The fraction of sp³-hybridized carbons (Fsp3) is 0.222. The van der Waals surface area contributed by atoms with Crippen molar-refractivity contribution in [3.05, 3.63) is 23.3 Å². The first-order valence-electron chi connectivity index (χ1n) is 4.30. The highest BCUT2D eigenvalue weighted by atomic mass is 35.5. The van der Waals surface area contributed by atoms with Crippen LogP contribution in [0.15, 0.2) is 28.4 Å². The van der Waals surface area contributed by atoms with E-state index in [1.54, 1.807) is 0 Å². The van der Waals surface area contributed by atoms with Gasteiger partial charge in [0, 0.05) is 19.2 Å². The second kappa shape index (κ2) is 3.86. The van der Waals surface area contributed by atoms with Crippen molar-refractivity contribution in [2.45, 2.75) is 0 Å². The molecule has 1 saturated heterocycles. The maximum atomic E-state index is 11.1. The van der Waals surface area contributed by atoms with Crippen LogP contribution in [-0.4, -0.2) is 35.6 Å². The van der Waals surface area contributed by atoms with E-state index in [1.807, 2.05) is 0 Å². The Kier molecular flexibility index (Phi) is 2.55. The molecule has 1 amide bonds. The van der Waals surface area contributed by atoms with E-state index >= 15 is 0 Å². The average molecular weight is 227 g/mol. The monoisotopic (exact) mass is 226 g/mol. The molecule has 0 atom stereocenters. The quantitative estimate of drug-likeness (QED) is 0.291. The first-order valence-corrected chi connectivity index (χ1v) is 4.68. The van der Waals surface area contributed by atoms with E-state index in [2.05, 4.69) is 9.99 Å². The molecule has 1 aliphatic heterocycles. The molecule has 1 aliphatic carbocycles. The summed E-state index contributed by atoms with van der Waals surface area (Å²) in [5.41, 5.74) is 0.270. The van der Waals surface area contributed by atoms with Crippen LogP contribution in [0.5, 0.6) is 0 Å². The maximum absolute atomic E-state index is 11.1. The van der Waals surface area contributed by atoms with Crippen molar-refractivity contribution in [2.75, 3.05) is 13.1 Å². The number of hydrogen-bond acceptors (Lipinski definition) is 4. The molecule has 2 rings (SSSR count). The molecule has 5 nitrogen and oxygen atoms in total. The second-order valence-electron chi connectivity index (χ2n) is 3.05. The topological polar surface area (TPSA) is 58.7 Å². The van der Waals surface area contributed by atoms with Crippen molar-refractivity contribution in [1.82, 2.24) is 4.90 Å². The summed E-state index contributed by atoms with van der Waals surface area (Å²) < 4.78 is 0. The summed E-state index contributed by atoms with van der Waals surface area (Å²) in [5.74, 6) is -0.212. The molecule has 0 radical (unpaired) electrons. The Morgan fingerprint density at radius 1 is 1.47 bits per heavy atom. The minimum atomic E-state index is -0.503. The number of rotatable bonds is 1. The number of carbonyl (C=O) groups is 2. The second-order valence-corrected chi connectivity index (χ2v) is 3.46. The smallest absolute Gasteiger partial charge is 0.303 e. The number of ketones is 1. The maximum Gasteiger partial charge on any atom is 0.436 e. The van der Waals surface area contributed by atoms with Crippen LogP contribution in [0, 0.1) is 0 Å². The van der Waals surface area contributed by atoms with Crippen molar-refractivity contribution in [2.24, 2.45) is 5.16 Å². The summed E-state index contributed by atoms with van der Waals surface area (Å²) in [4.78, 5) is 28.0. The fourth-order valence-electron chi connectivity index (χ4n) is 0.940. The lowest BCUT2D eigenvalue weighted by molar-refractivity contribution is -0.110. The Hall–Kier alpha value is -1.62. The lowest BCUT2D eigenvalue weighted by Gasteiger charge is -2.03. The van der Waals surface area contributed by atoms with Crippen LogP contribution in [0.1, 0.15) is 0 Å². The molecule has 1 heterocycles. The standard InChI is InChI=1S/C9H7ClN2O3/c10-7-5-6(13)1-2-8(7)11-15-9(14)12-3-4-12/h1-2,5H,3-4H2/b11-8+. The van der Waals surface area contributed by atoms with Crippen LogP contribution in [0.25, 0.3) is 0 Å². The summed E-state index contributed by atoms with van der Waals surface area (Å²) in [5, 5.41) is 3.71. The van der Waals surface area contributed by atoms with Crippen molar-refractivity contribution in [3.8, 4) is 0 Å². The molecule has 0 unspecified atom stereocenters. The molecular formula is C9H7ClN2O3. The fourth-order valence-corrected chi connectivity index (χ4v) is 1.15. The predicted octanol–water partition coefficient (Wildman–Crippen LogP) is 1.06. The van der Waals surface area contributed by atoms with Gasteiger partial charge in [-0.15, -0.1) is 0 Å². The van der Waals surface area contributed by atoms with Crippen molar-refractivity contribution in [3.63, 3.8) is 0 Å². The van der Waals surface area contributed by atoms with Crippen LogP contribution < -0.4 is 0 Å². The normalized spacial score (nSPS) is 21.7. The number of amides is 1. The highest BCUT2D eigenvalue weighted by Crippen LogP contribution is 2.12. The van der Waals surface area contributed by atoms with Crippen LogP contribution in [0.4, 0.5) is 4.79 Å². The molecule has 0 spiro atoms. The molecule has 1 fully saturated rings. The van der Waals surface area contributed by atoms with Gasteiger partial charge in [0.05, 0.1) is 5.03 Å². The Morgan fingerprint density at radius 3 is 2.80 bits per heavy atom. The van der Waals surface area contributed by atoms with Crippen LogP contribution >= 0.6 is 11.6 Å². The first-order chi connectivity index (χ1) is 7.16. The van der Waals surface area contributed by atoms with Gasteiger partial charge in [0.1, 0.15) is 5.71 Å². The van der Waals surface area contributed by atoms with E-state index in [0.717, 1.165) is 0 Å². The third kappa shape index (κ3) is 2.44. The van der Waals surface area contributed by atoms with Gasteiger partial charge in [-0.3, -0.25) is 9.63 Å². The van der Waals surface area contributed by atoms with Gasteiger partial charge in [0.2, 0.25) is 0 Å². The van der Waals surface area contributed by atoms with Gasteiger partial charge in [0.25, 0.3) is 0 Å². The molecule has 6 heteroatoms.